The van der Waals surface area contributed by atoms with Gasteiger partial charge in [-0.3, -0.25) is 14.4 Å². The maximum Gasteiger partial charge on any atom is 0.312 e. The minimum Gasteiger partial charge on any atom is -0.465 e. The van der Waals surface area contributed by atoms with Crippen LogP contribution >= 0.6 is 0 Å². The fraction of sp³-hybridized carbons (Fsp3) is 0.767. The van der Waals surface area contributed by atoms with E-state index >= 15 is 0 Å². The molecule has 0 aromatic carbocycles. The molecular formula is C30H48N2O6. The molecule has 0 aromatic heterocycles. The second-order valence-electron chi connectivity index (χ2n) is 11.7. The third-order valence-electron chi connectivity index (χ3n) is 8.76. The van der Waals surface area contributed by atoms with Crippen molar-refractivity contribution in [2.24, 2.45) is 17.8 Å². The third-order valence-corrected chi connectivity index (χ3v) is 8.76. The van der Waals surface area contributed by atoms with Crippen LogP contribution in [0.1, 0.15) is 79.1 Å². The molecular weight excluding hydrogens is 484 g/mol. The fourth-order valence-electron chi connectivity index (χ4n) is 6.80. The SMILES string of the molecule is C=CCCCCOC(=O)[C@@H]1[C@H]2C(=O)N([C@@H](CO)C(C)C)C(C(=O)N(CC=C)CCCCC)C23CC[C@@]1(C)O3. The lowest BCUT2D eigenvalue weighted by atomic mass is 9.66. The van der Waals surface area contributed by atoms with E-state index in [0.717, 1.165) is 32.1 Å². The summed E-state index contributed by atoms with van der Waals surface area (Å²) in [5.74, 6) is -2.62. The van der Waals surface area contributed by atoms with Crippen molar-refractivity contribution in [3.8, 4) is 0 Å². The van der Waals surface area contributed by atoms with Crippen LogP contribution in [0, 0.1) is 17.8 Å². The number of hydrogen-bond donors (Lipinski definition) is 1. The number of carbonyl (C=O) groups excluding carboxylic acids is 3. The smallest absolute Gasteiger partial charge is 0.312 e. The number of fused-ring (bicyclic) bond motifs is 1. The highest BCUT2D eigenvalue weighted by Gasteiger charge is 2.79. The maximum absolute atomic E-state index is 14.3. The van der Waals surface area contributed by atoms with Crippen molar-refractivity contribution in [3.63, 3.8) is 0 Å². The first-order valence-corrected chi connectivity index (χ1v) is 14.4. The fourth-order valence-corrected chi connectivity index (χ4v) is 6.80. The van der Waals surface area contributed by atoms with Crippen LogP contribution < -0.4 is 0 Å². The first-order valence-electron chi connectivity index (χ1n) is 14.4. The Hall–Kier alpha value is -2.19. The Kier molecular flexibility index (Phi) is 10.2. The molecule has 3 saturated heterocycles. The number of aliphatic hydroxyl groups excluding tert-OH is 1. The monoisotopic (exact) mass is 532 g/mol. The number of nitrogens with zero attached hydrogens (tertiary/aromatic N) is 2. The van der Waals surface area contributed by atoms with Gasteiger partial charge in [0.25, 0.3) is 0 Å². The zero-order valence-electron chi connectivity index (χ0n) is 23.8. The van der Waals surface area contributed by atoms with Crippen LogP contribution in [0.4, 0.5) is 0 Å². The van der Waals surface area contributed by atoms with E-state index < -0.39 is 41.1 Å². The molecule has 8 nitrogen and oxygen atoms in total. The number of carbonyl (C=O) groups is 3. The number of hydrogen-bond acceptors (Lipinski definition) is 6. The van der Waals surface area contributed by atoms with E-state index in [4.69, 9.17) is 9.47 Å². The molecule has 8 heteroatoms. The predicted octanol–water partition coefficient (Wildman–Crippen LogP) is 3.87. The van der Waals surface area contributed by atoms with Crippen LogP contribution in [0.2, 0.25) is 0 Å². The first-order chi connectivity index (χ1) is 18.1. The molecule has 3 aliphatic rings. The van der Waals surface area contributed by atoms with Crippen LogP contribution in [0.15, 0.2) is 25.3 Å². The number of rotatable bonds is 16. The standard InChI is InChI=1S/C30H48N2O6/c1-7-10-12-14-19-37-28(36)24-23-26(34)32(22(20-33)21(4)5)25(30(23)16-15-29(24,6)38-30)27(35)31(17-9-3)18-13-11-8-2/h7,9,21-25,33H,1,3,8,10-20H2,2,4-6H3/t22-,23-,24-,25?,29+,30?/m0/s1. The summed E-state index contributed by atoms with van der Waals surface area (Å²) in [4.78, 5) is 45.3. The summed E-state index contributed by atoms with van der Waals surface area (Å²) in [5.41, 5.74) is -2.00. The average molecular weight is 533 g/mol. The van der Waals surface area contributed by atoms with Crippen molar-refractivity contribution < 1.29 is 29.0 Å². The summed E-state index contributed by atoms with van der Waals surface area (Å²) in [7, 11) is 0. The molecule has 0 radical (unpaired) electrons. The van der Waals surface area contributed by atoms with Gasteiger partial charge in [0.2, 0.25) is 11.8 Å². The van der Waals surface area contributed by atoms with Crippen molar-refractivity contribution in [1.82, 2.24) is 9.80 Å². The minimum atomic E-state index is -1.12. The van der Waals surface area contributed by atoms with Gasteiger partial charge in [0.15, 0.2) is 0 Å². The lowest BCUT2D eigenvalue weighted by Crippen LogP contribution is -2.59. The first kappa shape index (κ1) is 30.4. The predicted molar refractivity (Wildman–Crippen MR) is 146 cm³/mol. The molecule has 0 saturated carbocycles. The summed E-state index contributed by atoms with van der Waals surface area (Å²) >= 11 is 0. The second-order valence-corrected chi connectivity index (χ2v) is 11.7. The number of aliphatic hydroxyl groups is 1. The number of unbranched alkanes of at least 4 members (excludes halogenated alkanes) is 4. The van der Waals surface area contributed by atoms with Crippen LogP contribution in [0.5, 0.6) is 0 Å². The van der Waals surface area contributed by atoms with Gasteiger partial charge in [0.05, 0.1) is 30.8 Å². The van der Waals surface area contributed by atoms with Crippen LogP contribution in [0.25, 0.3) is 0 Å². The van der Waals surface area contributed by atoms with E-state index in [0.29, 0.717) is 32.4 Å². The Morgan fingerprint density at radius 3 is 2.55 bits per heavy atom. The van der Waals surface area contributed by atoms with Gasteiger partial charge >= 0.3 is 5.97 Å². The summed E-state index contributed by atoms with van der Waals surface area (Å²) in [5, 5.41) is 10.4. The number of ether oxygens (including phenoxy) is 2. The molecule has 38 heavy (non-hydrogen) atoms. The van der Waals surface area contributed by atoms with Gasteiger partial charge in [-0.2, -0.15) is 0 Å². The van der Waals surface area contributed by atoms with E-state index in [2.05, 4.69) is 20.1 Å². The molecule has 2 unspecified atom stereocenters. The molecule has 2 amide bonds. The number of amides is 2. The van der Waals surface area contributed by atoms with Crippen LogP contribution in [0.3, 0.4) is 0 Å². The highest BCUT2D eigenvalue weighted by Crippen LogP contribution is 2.63. The molecule has 1 N–H and O–H groups in total. The van der Waals surface area contributed by atoms with Crippen molar-refractivity contribution >= 4 is 17.8 Å². The third kappa shape index (κ3) is 5.44. The van der Waals surface area contributed by atoms with E-state index in [9.17, 15) is 19.5 Å². The van der Waals surface area contributed by atoms with Gasteiger partial charge in [-0.1, -0.05) is 45.8 Å². The molecule has 0 aliphatic carbocycles. The zero-order valence-corrected chi connectivity index (χ0v) is 23.8. The number of allylic oxidation sites excluding steroid dienone is 1. The van der Waals surface area contributed by atoms with Gasteiger partial charge in [0.1, 0.15) is 17.6 Å². The van der Waals surface area contributed by atoms with Gasteiger partial charge in [0, 0.05) is 13.1 Å². The molecule has 214 valence electrons. The Balaban J connectivity index is 1.99. The van der Waals surface area contributed by atoms with Gasteiger partial charge < -0.3 is 24.4 Å². The Bertz CT molecular complexity index is 890. The molecule has 3 rings (SSSR count). The van der Waals surface area contributed by atoms with Crippen LogP contribution in [-0.4, -0.2) is 82.3 Å². The number of esters is 1. The lowest BCUT2D eigenvalue weighted by molar-refractivity contribution is -0.162. The Morgan fingerprint density at radius 1 is 1.21 bits per heavy atom. The van der Waals surface area contributed by atoms with Crippen molar-refractivity contribution in [2.45, 2.75) is 102 Å². The van der Waals surface area contributed by atoms with E-state index in [1.165, 1.54) is 0 Å². The molecule has 6 atom stereocenters. The maximum atomic E-state index is 14.3. The quantitative estimate of drug-likeness (QED) is 0.184. The highest BCUT2D eigenvalue weighted by molar-refractivity contribution is 5.98. The minimum absolute atomic E-state index is 0.0922. The Morgan fingerprint density at radius 2 is 1.95 bits per heavy atom. The van der Waals surface area contributed by atoms with E-state index in [-0.39, 0.29) is 30.9 Å². The molecule has 2 bridgehead atoms. The largest absolute Gasteiger partial charge is 0.465 e. The van der Waals surface area contributed by atoms with Crippen molar-refractivity contribution in [2.75, 3.05) is 26.3 Å². The lowest BCUT2D eigenvalue weighted by Gasteiger charge is -2.40. The second kappa shape index (κ2) is 12.8. The highest BCUT2D eigenvalue weighted by atomic mass is 16.6. The normalized spacial score (nSPS) is 30.4. The van der Waals surface area contributed by atoms with Crippen LogP contribution in [-0.2, 0) is 23.9 Å². The summed E-state index contributed by atoms with van der Waals surface area (Å²) in [6.45, 7) is 16.3. The van der Waals surface area contributed by atoms with E-state index in [1.54, 1.807) is 15.9 Å². The summed E-state index contributed by atoms with van der Waals surface area (Å²) in [6.07, 6.45) is 9.90. The summed E-state index contributed by atoms with van der Waals surface area (Å²) < 4.78 is 12.4. The van der Waals surface area contributed by atoms with Gasteiger partial charge in [-0.05, 0) is 51.4 Å². The Labute approximate surface area is 228 Å². The van der Waals surface area contributed by atoms with Crippen molar-refractivity contribution in [1.29, 1.82) is 0 Å². The van der Waals surface area contributed by atoms with Gasteiger partial charge in [-0.25, -0.2) is 0 Å². The molecule has 3 fully saturated rings. The topological polar surface area (TPSA) is 96.4 Å². The van der Waals surface area contributed by atoms with Gasteiger partial charge in [-0.15, -0.1) is 13.2 Å². The molecule has 0 aromatic rings. The number of likely N-dealkylation sites (tertiary alicyclic amines) is 1. The van der Waals surface area contributed by atoms with Crippen molar-refractivity contribution in [3.05, 3.63) is 25.3 Å². The van der Waals surface area contributed by atoms with E-state index in [1.807, 2.05) is 26.8 Å². The molecule has 1 spiro atoms. The summed E-state index contributed by atoms with van der Waals surface area (Å²) in [6, 6.07) is -1.47. The average Bonchev–Trinajstić information content (AvgIpc) is 3.44. The molecule has 3 heterocycles. The molecule has 3 aliphatic heterocycles. The zero-order chi connectivity index (χ0) is 28.1.